The van der Waals surface area contributed by atoms with Crippen LogP contribution in [0.25, 0.3) is 0 Å². The highest BCUT2D eigenvalue weighted by Crippen LogP contribution is 2.68. The number of fused-ring (bicyclic) bond motifs is 1. The minimum absolute atomic E-state index is 0.456. The average Bonchev–Trinajstić information content (AvgIpc) is 2.77. The number of nitrogens with one attached hydrogen (secondary N) is 1. The van der Waals surface area contributed by atoms with Crippen molar-refractivity contribution in [2.75, 3.05) is 13.2 Å². The Kier molecular flexibility index (Phi) is 2.90. The molecule has 1 N–H and O–H groups in total. The fourth-order valence-corrected chi connectivity index (χ4v) is 3.66. The molecule has 0 amide bonds. The van der Waals surface area contributed by atoms with Crippen molar-refractivity contribution in [1.29, 1.82) is 0 Å². The van der Waals surface area contributed by atoms with Gasteiger partial charge in [-0.2, -0.15) is 0 Å². The van der Waals surface area contributed by atoms with Gasteiger partial charge < -0.3 is 10.1 Å². The molecule has 1 atom stereocenters. The zero-order valence-electron chi connectivity index (χ0n) is 12.5. The lowest BCUT2D eigenvalue weighted by Gasteiger charge is -2.27. The SMILES string of the molecule is CC1(C)C(CNC2CCOc3ccccc32)C1(C)C. The molecule has 1 saturated carbocycles. The average molecular weight is 259 g/mol. The second kappa shape index (κ2) is 4.24. The van der Waals surface area contributed by atoms with Crippen LogP contribution in [0.4, 0.5) is 0 Å². The van der Waals surface area contributed by atoms with E-state index in [1.165, 1.54) is 5.56 Å². The monoisotopic (exact) mass is 259 g/mol. The topological polar surface area (TPSA) is 21.3 Å². The highest BCUT2D eigenvalue weighted by Gasteiger charge is 2.63. The van der Waals surface area contributed by atoms with Gasteiger partial charge in [-0.1, -0.05) is 45.9 Å². The molecule has 1 aliphatic heterocycles. The lowest BCUT2D eigenvalue weighted by Crippen LogP contribution is -2.29. The van der Waals surface area contributed by atoms with E-state index in [9.17, 15) is 0 Å². The molecule has 0 aromatic heterocycles. The zero-order chi connectivity index (χ0) is 13.7. The first-order valence-electron chi connectivity index (χ1n) is 7.39. The third-order valence-electron chi connectivity index (χ3n) is 5.85. The summed E-state index contributed by atoms with van der Waals surface area (Å²) in [5.41, 5.74) is 2.25. The van der Waals surface area contributed by atoms with Gasteiger partial charge in [0.05, 0.1) is 6.61 Å². The number of hydrogen-bond donors (Lipinski definition) is 1. The van der Waals surface area contributed by atoms with Gasteiger partial charge in [-0.05, 0) is 29.4 Å². The fourth-order valence-electron chi connectivity index (χ4n) is 3.66. The Morgan fingerprint density at radius 3 is 2.53 bits per heavy atom. The molecule has 1 heterocycles. The summed E-state index contributed by atoms with van der Waals surface area (Å²) in [4.78, 5) is 0. The maximum absolute atomic E-state index is 5.72. The maximum atomic E-state index is 5.72. The largest absolute Gasteiger partial charge is 0.493 e. The van der Waals surface area contributed by atoms with Gasteiger partial charge in [0.15, 0.2) is 0 Å². The van der Waals surface area contributed by atoms with Crippen LogP contribution in [0.5, 0.6) is 5.75 Å². The van der Waals surface area contributed by atoms with Crippen LogP contribution >= 0.6 is 0 Å². The van der Waals surface area contributed by atoms with Crippen LogP contribution in [0.15, 0.2) is 24.3 Å². The maximum Gasteiger partial charge on any atom is 0.124 e. The van der Waals surface area contributed by atoms with Crippen LogP contribution in [0, 0.1) is 16.7 Å². The second-order valence-electron chi connectivity index (χ2n) is 7.13. The quantitative estimate of drug-likeness (QED) is 0.892. The highest BCUT2D eigenvalue weighted by molar-refractivity contribution is 5.37. The molecule has 1 unspecified atom stereocenters. The van der Waals surface area contributed by atoms with Gasteiger partial charge in [0, 0.05) is 18.0 Å². The van der Waals surface area contributed by atoms with E-state index in [1.54, 1.807) is 0 Å². The third-order valence-corrected chi connectivity index (χ3v) is 5.85. The summed E-state index contributed by atoms with van der Waals surface area (Å²) >= 11 is 0. The van der Waals surface area contributed by atoms with Crippen molar-refractivity contribution >= 4 is 0 Å². The van der Waals surface area contributed by atoms with E-state index in [-0.39, 0.29) is 0 Å². The first kappa shape index (κ1) is 13.0. The van der Waals surface area contributed by atoms with Crippen molar-refractivity contribution in [3.8, 4) is 5.75 Å². The number of hydrogen-bond acceptors (Lipinski definition) is 2. The highest BCUT2D eigenvalue weighted by atomic mass is 16.5. The van der Waals surface area contributed by atoms with Gasteiger partial charge in [0.2, 0.25) is 0 Å². The smallest absolute Gasteiger partial charge is 0.124 e. The molecule has 1 fully saturated rings. The summed E-state index contributed by atoms with van der Waals surface area (Å²) < 4.78 is 5.72. The lowest BCUT2D eigenvalue weighted by molar-refractivity contribution is 0.250. The van der Waals surface area contributed by atoms with Crippen molar-refractivity contribution in [2.24, 2.45) is 16.7 Å². The van der Waals surface area contributed by atoms with Gasteiger partial charge in [0.1, 0.15) is 5.75 Å². The third kappa shape index (κ3) is 1.97. The van der Waals surface area contributed by atoms with Crippen molar-refractivity contribution in [1.82, 2.24) is 5.32 Å². The van der Waals surface area contributed by atoms with Crippen molar-refractivity contribution in [3.05, 3.63) is 29.8 Å². The Balaban J connectivity index is 1.67. The van der Waals surface area contributed by atoms with E-state index in [4.69, 9.17) is 4.74 Å². The van der Waals surface area contributed by atoms with Crippen LogP contribution in [0.2, 0.25) is 0 Å². The van der Waals surface area contributed by atoms with E-state index in [0.717, 1.165) is 31.2 Å². The Morgan fingerprint density at radius 2 is 1.84 bits per heavy atom. The molecule has 0 saturated heterocycles. The fraction of sp³-hybridized carbons (Fsp3) is 0.647. The second-order valence-corrected chi connectivity index (χ2v) is 7.13. The Labute approximate surface area is 116 Å². The minimum atomic E-state index is 0.456. The minimum Gasteiger partial charge on any atom is -0.493 e. The van der Waals surface area contributed by atoms with Gasteiger partial charge in [-0.15, -0.1) is 0 Å². The van der Waals surface area contributed by atoms with Crippen molar-refractivity contribution in [2.45, 2.75) is 40.2 Å². The summed E-state index contributed by atoms with van der Waals surface area (Å²) in [5, 5.41) is 3.77. The molecule has 2 nitrogen and oxygen atoms in total. The van der Waals surface area contributed by atoms with E-state index < -0.39 is 0 Å². The van der Waals surface area contributed by atoms with E-state index in [0.29, 0.717) is 16.9 Å². The number of benzene rings is 1. The van der Waals surface area contributed by atoms with Crippen LogP contribution in [-0.4, -0.2) is 13.2 Å². The van der Waals surface area contributed by atoms with Crippen molar-refractivity contribution in [3.63, 3.8) is 0 Å². The molecule has 104 valence electrons. The molecular weight excluding hydrogens is 234 g/mol. The van der Waals surface area contributed by atoms with Gasteiger partial charge in [-0.25, -0.2) is 0 Å². The number of rotatable bonds is 3. The van der Waals surface area contributed by atoms with E-state index in [2.05, 4.69) is 51.2 Å². The summed E-state index contributed by atoms with van der Waals surface area (Å²) in [6, 6.07) is 8.88. The van der Waals surface area contributed by atoms with Crippen LogP contribution in [0.1, 0.15) is 45.7 Å². The molecule has 19 heavy (non-hydrogen) atoms. The predicted octanol–water partition coefficient (Wildman–Crippen LogP) is 3.78. The summed E-state index contributed by atoms with van der Waals surface area (Å²) in [6.45, 7) is 11.5. The predicted molar refractivity (Wildman–Crippen MR) is 78.3 cm³/mol. The molecule has 1 aromatic rings. The Morgan fingerprint density at radius 1 is 1.16 bits per heavy atom. The van der Waals surface area contributed by atoms with Gasteiger partial charge >= 0.3 is 0 Å². The Hall–Kier alpha value is -1.02. The van der Waals surface area contributed by atoms with Gasteiger partial charge in [0.25, 0.3) is 0 Å². The summed E-state index contributed by atoms with van der Waals surface area (Å²) in [7, 11) is 0. The lowest BCUT2D eigenvalue weighted by atomic mass is 10.00. The standard InChI is InChI=1S/C17H25NO/c1-16(2)15(17(16,3)4)11-18-13-9-10-19-14-8-6-5-7-12(13)14/h5-8,13,15,18H,9-11H2,1-4H3. The molecule has 2 heteroatoms. The molecule has 2 aliphatic rings. The summed E-state index contributed by atoms with van der Waals surface area (Å²) in [5.74, 6) is 1.83. The van der Waals surface area contributed by atoms with E-state index >= 15 is 0 Å². The molecule has 0 radical (unpaired) electrons. The van der Waals surface area contributed by atoms with Crippen LogP contribution < -0.4 is 10.1 Å². The number of ether oxygens (including phenoxy) is 1. The van der Waals surface area contributed by atoms with Crippen LogP contribution in [0.3, 0.4) is 0 Å². The molecule has 1 aliphatic carbocycles. The normalized spacial score (nSPS) is 27.5. The van der Waals surface area contributed by atoms with Crippen LogP contribution in [-0.2, 0) is 0 Å². The number of para-hydroxylation sites is 1. The molecule has 3 rings (SSSR count). The first-order chi connectivity index (χ1) is 8.94. The van der Waals surface area contributed by atoms with Crippen molar-refractivity contribution < 1.29 is 4.74 Å². The first-order valence-corrected chi connectivity index (χ1v) is 7.39. The summed E-state index contributed by atoms with van der Waals surface area (Å²) in [6.07, 6.45) is 1.07. The molecular formula is C17H25NO. The molecule has 1 aromatic carbocycles. The van der Waals surface area contributed by atoms with E-state index in [1.807, 2.05) is 6.07 Å². The van der Waals surface area contributed by atoms with Gasteiger partial charge in [-0.3, -0.25) is 0 Å². The Bertz CT molecular complexity index is 464. The molecule has 0 bridgehead atoms. The molecule has 0 spiro atoms. The zero-order valence-corrected chi connectivity index (χ0v) is 12.5.